The van der Waals surface area contributed by atoms with Gasteiger partial charge in [-0.2, -0.15) is 0 Å². The van der Waals surface area contributed by atoms with Gasteiger partial charge >= 0.3 is 6.09 Å². The Morgan fingerprint density at radius 3 is 2.55 bits per heavy atom. The predicted molar refractivity (Wildman–Crippen MR) is 79.7 cm³/mol. The van der Waals surface area contributed by atoms with Crippen molar-refractivity contribution >= 4 is 39.4 Å². The summed E-state index contributed by atoms with van der Waals surface area (Å²) in [4.78, 5) is 26.6. The van der Waals surface area contributed by atoms with Gasteiger partial charge in [-0.3, -0.25) is 10.2 Å². The number of hydrazine groups is 1. The second kappa shape index (κ2) is 7.09. The molecule has 0 unspecified atom stereocenters. The largest absolute Gasteiger partial charge is 0.443 e. The molecule has 2 amide bonds. The first-order valence-corrected chi connectivity index (χ1v) is 6.99. The Labute approximate surface area is 125 Å². The lowest BCUT2D eigenvalue weighted by molar-refractivity contribution is -0.113. The van der Waals surface area contributed by atoms with Crippen molar-refractivity contribution in [3.63, 3.8) is 0 Å². The Morgan fingerprint density at radius 1 is 1.35 bits per heavy atom. The van der Waals surface area contributed by atoms with Crippen LogP contribution in [0.4, 0.5) is 16.3 Å². The van der Waals surface area contributed by atoms with Gasteiger partial charge in [0.25, 0.3) is 0 Å². The lowest BCUT2D eigenvalue weighted by atomic mass is 10.2. The van der Waals surface area contributed by atoms with Gasteiger partial charge in [0.2, 0.25) is 5.91 Å². The zero-order chi connectivity index (χ0) is 15.2. The van der Waals surface area contributed by atoms with E-state index in [4.69, 9.17) is 4.74 Å². The molecule has 0 aliphatic carbocycles. The van der Waals surface area contributed by atoms with Crippen molar-refractivity contribution in [2.75, 3.05) is 16.1 Å². The van der Waals surface area contributed by atoms with Crippen molar-refractivity contribution in [1.29, 1.82) is 0 Å². The fraction of sp³-hybridized carbons (Fsp3) is 0.417. The molecule has 0 fully saturated rings. The van der Waals surface area contributed by atoms with E-state index in [1.165, 1.54) is 6.20 Å². The van der Waals surface area contributed by atoms with Crippen LogP contribution in [0.2, 0.25) is 0 Å². The fourth-order valence-corrected chi connectivity index (χ4v) is 1.30. The monoisotopic (exact) mass is 344 g/mol. The number of pyridine rings is 1. The number of aromatic nitrogens is 1. The summed E-state index contributed by atoms with van der Waals surface area (Å²) >= 11 is 3.05. The number of carbonyl (C=O) groups excluding carboxylic acids is 2. The quantitative estimate of drug-likeness (QED) is 0.575. The average Bonchev–Trinajstić information content (AvgIpc) is 2.36. The van der Waals surface area contributed by atoms with Crippen LogP contribution in [0.15, 0.2) is 18.3 Å². The van der Waals surface area contributed by atoms with Crippen LogP contribution in [0.3, 0.4) is 0 Å². The topological polar surface area (TPSA) is 92.4 Å². The summed E-state index contributed by atoms with van der Waals surface area (Å²) < 4.78 is 5.05. The van der Waals surface area contributed by atoms with Crippen LogP contribution in [-0.2, 0) is 9.53 Å². The van der Waals surface area contributed by atoms with Crippen LogP contribution in [0.25, 0.3) is 0 Å². The molecular formula is C12H17BrN4O3. The number of hydrogen-bond donors (Lipinski definition) is 3. The number of nitrogens with zero attached hydrogens (tertiary/aromatic N) is 1. The van der Waals surface area contributed by atoms with Gasteiger partial charge < -0.3 is 10.1 Å². The van der Waals surface area contributed by atoms with E-state index in [-0.39, 0.29) is 11.2 Å². The van der Waals surface area contributed by atoms with Crippen molar-refractivity contribution < 1.29 is 14.3 Å². The second-order valence-electron chi connectivity index (χ2n) is 4.87. The number of hydrogen-bond acceptors (Lipinski definition) is 5. The molecule has 0 aliphatic rings. The van der Waals surface area contributed by atoms with E-state index in [0.29, 0.717) is 11.5 Å². The number of nitrogens with one attached hydrogen (secondary N) is 3. The molecule has 0 aromatic carbocycles. The highest BCUT2D eigenvalue weighted by Crippen LogP contribution is 2.10. The predicted octanol–water partition coefficient (Wildman–Crippen LogP) is 2.27. The minimum Gasteiger partial charge on any atom is -0.443 e. The number of carbonyl (C=O) groups is 2. The zero-order valence-electron chi connectivity index (χ0n) is 11.5. The van der Waals surface area contributed by atoms with E-state index in [0.717, 1.165) is 0 Å². The van der Waals surface area contributed by atoms with E-state index in [2.05, 4.69) is 37.1 Å². The minimum absolute atomic E-state index is 0.167. The third-order valence-corrected chi connectivity index (χ3v) is 2.37. The molecule has 1 aromatic rings. The highest BCUT2D eigenvalue weighted by molar-refractivity contribution is 9.09. The van der Waals surface area contributed by atoms with E-state index in [1.807, 2.05) is 0 Å². The first kappa shape index (κ1) is 16.2. The lowest BCUT2D eigenvalue weighted by Gasteiger charge is -2.19. The maximum absolute atomic E-state index is 11.4. The summed E-state index contributed by atoms with van der Waals surface area (Å²) in [6.45, 7) is 5.31. The van der Waals surface area contributed by atoms with Crippen molar-refractivity contribution in [3.05, 3.63) is 18.3 Å². The summed E-state index contributed by atoms with van der Waals surface area (Å²) in [6, 6.07) is 3.27. The van der Waals surface area contributed by atoms with Crippen LogP contribution in [0.5, 0.6) is 0 Å². The van der Waals surface area contributed by atoms with Gasteiger partial charge in [0.15, 0.2) is 0 Å². The Kier molecular flexibility index (Phi) is 5.75. The molecule has 20 heavy (non-hydrogen) atoms. The summed E-state index contributed by atoms with van der Waals surface area (Å²) in [6.07, 6.45) is 0.871. The normalized spacial score (nSPS) is 10.6. The molecule has 3 N–H and O–H groups in total. The molecule has 1 heterocycles. The maximum atomic E-state index is 11.4. The number of amides is 2. The van der Waals surface area contributed by atoms with Gasteiger partial charge in [0.1, 0.15) is 11.4 Å². The van der Waals surface area contributed by atoms with Gasteiger partial charge in [-0.1, -0.05) is 15.9 Å². The second-order valence-corrected chi connectivity index (χ2v) is 5.43. The summed E-state index contributed by atoms with van der Waals surface area (Å²) in [5.74, 6) is 0.257. The third-order valence-electron chi connectivity index (χ3n) is 1.86. The lowest BCUT2D eigenvalue weighted by Crippen LogP contribution is -2.36. The molecule has 0 saturated heterocycles. The van der Waals surface area contributed by atoms with Crippen LogP contribution in [-0.4, -0.2) is 27.9 Å². The first-order valence-electron chi connectivity index (χ1n) is 5.87. The molecule has 0 spiro atoms. The zero-order valence-corrected chi connectivity index (χ0v) is 13.1. The number of halogens is 1. The van der Waals surface area contributed by atoms with Crippen LogP contribution in [0.1, 0.15) is 20.8 Å². The van der Waals surface area contributed by atoms with Crippen LogP contribution >= 0.6 is 15.9 Å². The van der Waals surface area contributed by atoms with Crippen molar-refractivity contribution in [2.24, 2.45) is 0 Å². The van der Waals surface area contributed by atoms with Gasteiger partial charge in [-0.15, -0.1) is 0 Å². The average molecular weight is 345 g/mol. The molecule has 1 aromatic heterocycles. The van der Waals surface area contributed by atoms with Gasteiger partial charge in [0.05, 0.1) is 17.2 Å². The van der Waals surface area contributed by atoms with Crippen molar-refractivity contribution in [2.45, 2.75) is 26.4 Å². The molecule has 0 radical (unpaired) electrons. The molecule has 0 aliphatic heterocycles. The molecule has 0 bridgehead atoms. The fourth-order valence-electron chi connectivity index (χ4n) is 1.15. The summed E-state index contributed by atoms with van der Waals surface area (Å²) in [7, 11) is 0. The van der Waals surface area contributed by atoms with E-state index < -0.39 is 11.7 Å². The SMILES string of the molecule is CC(C)(C)OC(=O)NNc1ccc(NC(=O)CBr)cn1. The van der Waals surface area contributed by atoms with Gasteiger partial charge in [-0.05, 0) is 32.9 Å². The molecule has 7 nitrogen and oxygen atoms in total. The van der Waals surface area contributed by atoms with E-state index >= 15 is 0 Å². The number of alkyl halides is 1. The minimum atomic E-state index is -0.601. The van der Waals surface area contributed by atoms with E-state index in [1.54, 1.807) is 32.9 Å². The summed E-state index contributed by atoms with van der Waals surface area (Å²) in [5, 5.41) is 2.84. The number of ether oxygens (including phenoxy) is 1. The van der Waals surface area contributed by atoms with Crippen LogP contribution in [0, 0.1) is 0 Å². The molecule has 0 saturated carbocycles. The van der Waals surface area contributed by atoms with Crippen molar-refractivity contribution in [3.8, 4) is 0 Å². The molecule has 8 heteroatoms. The van der Waals surface area contributed by atoms with Crippen LogP contribution < -0.4 is 16.2 Å². The molecule has 0 atom stereocenters. The molecule has 110 valence electrons. The third kappa shape index (κ3) is 6.37. The van der Waals surface area contributed by atoms with Crippen molar-refractivity contribution in [1.82, 2.24) is 10.4 Å². The molecule has 1 rings (SSSR count). The standard InChI is InChI=1S/C12H17BrN4O3/c1-12(2,3)20-11(19)17-16-9-5-4-8(7-14-9)15-10(18)6-13/h4-5,7H,6H2,1-3H3,(H,14,16)(H,15,18)(H,17,19). The highest BCUT2D eigenvalue weighted by Gasteiger charge is 2.15. The Bertz CT molecular complexity index is 471. The number of rotatable bonds is 4. The first-order chi connectivity index (χ1) is 9.30. The summed E-state index contributed by atoms with van der Waals surface area (Å²) in [5.41, 5.74) is 4.96. The number of anilines is 2. The molecular weight excluding hydrogens is 328 g/mol. The maximum Gasteiger partial charge on any atom is 0.426 e. The Hall–Kier alpha value is -1.83. The van der Waals surface area contributed by atoms with Gasteiger partial charge in [-0.25, -0.2) is 15.2 Å². The van der Waals surface area contributed by atoms with E-state index in [9.17, 15) is 9.59 Å². The Balaban J connectivity index is 2.46. The smallest absolute Gasteiger partial charge is 0.426 e. The van der Waals surface area contributed by atoms with Gasteiger partial charge in [0, 0.05) is 0 Å². The Morgan fingerprint density at radius 2 is 2.05 bits per heavy atom. The highest BCUT2D eigenvalue weighted by atomic mass is 79.9.